The molecule has 2 aromatic rings. The third-order valence-electron chi connectivity index (χ3n) is 2.69. The van der Waals surface area contributed by atoms with Gasteiger partial charge in [-0.3, -0.25) is 9.48 Å². The molecule has 2 rings (SSSR count). The first-order chi connectivity index (χ1) is 8.60. The van der Waals surface area contributed by atoms with Crippen molar-refractivity contribution in [3.63, 3.8) is 0 Å². The van der Waals surface area contributed by atoms with Gasteiger partial charge in [0.2, 0.25) is 0 Å². The molecule has 1 heterocycles. The van der Waals surface area contributed by atoms with Crippen LogP contribution in [0.5, 0.6) is 0 Å². The van der Waals surface area contributed by atoms with Gasteiger partial charge in [-0.2, -0.15) is 5.10 Å². The Balaban J connectivity index is 2.16. The van der Waals surface area contributed by atoms with Crippen LogP contribution in [0.1, 0.15) is 22.8 Å². The van der Waals surface area contributed by atoms with Gasteiger partial charge in [0.15, 0.2) is 5.78 Å². The first kappa shape index (κ1) is 12.6. The molecule has 1 aromatic carbocycles. The van der Waals surface area contributed by atoms with Gasteiger partial charge in [-0.25, -0.2) is 0 Å². The molecular formula is C13H14ClN3O. The van der Waals surface area contributed by atoms with E-state index in [1.807, 2.05) is 13.1 Å². The number of halogens is 1. The summed E-state index contributed by atoms with van der Waals surface area (Å²) in [5.41, 5.74) is 7.58. The number of nitrogens with zero attached hydrogens (tertiary/aromatic N) is 2. The van der Waals surface area contributed by atoms with E-state index in [2.05, 4.69) is 5.10 Å². The Morgan fingerprint density at radius 3 is 2.89 bits per heavy atom. The molecule has 0 fully saturated rings. The standard InChI is InChI=1S/C13H14ClN3O/c1-2-17-8-9(7-16-17)5-13(18)11-4-3-10(14)6-12(11)15/h3-4,6-8H,2,5,15H2,1H3. The summed E-state index contributed by atoms with van der Waals surface area (Å²) < 4.78 is 1.79. The van der Waals surface area contributed by atoms with Crippen molar-refractivity contribution in [2.24, 2.45) is 0 Å². The van der Waals surface area contributed by atoms with E-state index in [1.54, 1.807) is 29.1 Å². The molecule has 4 nitrogen and oxygen atoms in total. The summed E-state index contributed by atoms with van der Waals surface area (Å²) in [5, 5.41) is 4.66. The molecule has 0 atom stereocenters. The van der Waals surface area contributed by atoms with Crippen molar-refractivity contribution in [1.82, 2.24) is 9.78 Å². The zero-order valence-corrected chi connectivity index (χ0v) is 10.8. The number of anilines is 1. The molecule has 0 radical (unpaired) electrons. The molecule has 0 saturated heterocycles. The molecule has 0 unspecified atom stereocenters. The minimum Gasteiger partial charge on any atom is -0.398 e. The van der Waals surface area contributed by atoms with E-state index in [4.69, 9.17) is 17.3 Å². The van der Waals surface area contributed by atoms with E-state index in [0.717, 1.165) is 12.1 Å². The van der Waals surface area contributed by atoms with Crippen LogP contribution in [0.2, 0.25) is 5.02 Å². The van der Waals surface area contributed by atoms with Crippen molar-refractivity contribution in [3.8, 4) is 0 Å². The Morgan fingerprint density at radius 2 is 2.28 bits per heavy atom. The van der Waals surface area contributed by atoms with Crippen LogP contribution in [0.25, 0.3) is 0 Å². The van der Waals surface area contributed by atoms with Gasteiger partial charge in [0.1, 0.15) is 0 Å². The van der Waals surface area contributed by atoms with Gasteiger partial charge in [-0.1, -0.05) is 11.6 Å². The third kappa shape index (κ3) is 2.71. The predicted molar refractivity (Wildman–Crippen MR) is 71.8 cm³/mol. The molecule has 0 amide bonds. The maximum Gasteiger partial charge on any atom is 0.169 e. The number of ketones is 1. The first-order valence-electron chi connectivity index (χ1n) is 5.69. The molecule has 0 spiro atoms. The molecule has 5 heteroatoms. The molecule has 0 saturated carbocycles. The maximum absolute atomic E-state index is 12.1. The van der Waals surface area contributed by atoms with E-state index >= 15 is 0 Å². The van der Waals surface area contributed by atoms with E-state index in [1.165, 1.54) is 0 Å². The minimum atomic E-state index is -0.0279. The van der Waals surface area contributed by atoms with Gasteiger partial charge in [0.25, 0.3) is 0 Å². The number of carbonyl (C=O) groups is 1. The molecule has 94 valence electrons. The fourth-order valence-electron chi connectivity index (χ4n) is 1.74. The van der Waals surface area contributed by atoms with Crippen LogP contribution in [0.4, 0.5) is 5.69 Å². The molecule has 0 aliphatic heterocycles. The van der Waals surface area contributed by atoms with E-state index < -0.39 is 0 Å². The summed E-state index contributed by atoms with van der Waals surface area (Å²) in [6, 6.07) is 4.91. The highest BCUT2D eigenvalue weighted by Gasteiger charge is 2.12. The monoisotopic (exact) mass is 263 g/mol. The predicted octanol–water partition coefficient (Wildman–Crippen LogP) is 2.56. The lowest BCUT2D eigenvalue weighted by atomic mass is 10.0. The van der Waals surface area contributed by atoms with Crippen LogP contribution in [-0.4, -0.2) is 15.6 Å². The average molecular weight is 264 g/mol. The molecular weight excluding hydrogens is 250 g/mol. The van der Waals surface area contributed by atoms with Gasteiger partial charge in [0, 0.05) is 35.4 Å². The lowest BCUT2D eigenvalue weighted by Gasteiger charge is -2.04. The van der Waals surface area contributed by atoms with Gasteiger partial charge < -0.3 is 5.73 Å². The highest BCUT2D eigenvalue weighted by atomic mass is 35.5. The quantitative estimate of drug-likeness (QED) is 0.681. The maximum atomic E-state index is 12.1. The second kappa shape index (κ2) is 5.23. The summed E-state index contributed by atoms with van der Waals surface area (Å²) in [6.45, 7) is 2.78. The number of nitrogens with two attached hydrogens (primary N) is 1. The van der Waals surface area contributed by atoms with Crippen LogP contribution in [-0.2, 0) is 13.0 Å². The van der Waals surface area contributed by atoms with Crippen LogP contribution in [0.15, 0.2) is 30.6 Å². The van der Waals surface area contributed by atoms with Crippen LogP contribution >= 0.6 is 11.6 Å². The Kier molecular flexibility index (Phi) is 3.67. The fraction of sp³-hybridized carbons (Fsp3) is 0.231. The Labute approximate surface area is 110 Å². The van der Waals surface area contributed by atoms with Crippen molar-refractivity contribution in [2.45, 2.75) is 19.9 Å². The normalized spacial score (nSPS) is 10.6. The van der Waals surface area contributed by atoms with Gasteiger partial charge >= 0.3 is 0 Å². The Bertz CT molecular complexity index is 577. The van der Waals surface area contributed by atoms with Crippen molar-refractivity contribution in [2.75, 3.05) is 5.73 Å². The Hall–Kier alpha value is -1.81. The number of benzene rings is 1. The lowest BCUT2D eigenvalue weighted by Crippen LogP contribution is -2.06. The summed E-state index contributed by atoms with van der Waals surface area (Å²) in [4.78, 5) is 12.1. The first-order valence-corrected chi connectivity index (χ1v) is 6.07. The molecule has 0 bridgehead atoms. The highest BCUT2D eigenvalue weighted by Crippen LogP contribution is 2.19. The molecule has 0 aliphatic rings. The summed E-state index contributed by atoms with van der Waals surface area (Å²) >= 11 is 5.80. The zero-order valence-electron chi connectivity index (χ0n) is 10.1. The van der Waals surface area contributed by atoms with Crippen molar-refractivity contribution in [3.05, 3.63) is 46.7 Å². The molecule has 0 aliphatic carbocycles. The average Bonchev–Trinajstić information content (AvgIpc) is 2.76. The van der Waals surface area contributed by atoms with Crippen LogP contribution in [0.3, 0.4) is 0 Å². The van der Waals surface area contributed by atoms with Gasteiger partial charge in [-0.15, -0.1) is 0 Å². The van der Waals surface area contributed by atoms with Crippen LogP contribution < -0.4 is 5.73 Å². The van der Waals surface area contributed by atoms with E-state index in [0.29, 0.717) is 22.7 Å². The summed E-state index contributed by atoms with van der Waals surface area (Å²) in [7, 11) is 0. The van der Waals surface area contributed by atoms with Crippen molar-refractivity contribution < 1.29 is 4.79 Å². The van der Waals surface area contributed by atoms with Gasteiger partial charge in [0.05, 0.1) is 6.20 Å². The second-order valence-corrected chi connectivity index (χ2v) is 4.47. The molecule has 18 heavy (non-hydrogen) atoms. The van der Waals surface area contributed by atoms with E-state index in [-0.39, 0.29) is 5.78 Å². The van der Waals surface area contributed by atoms with Gasteiger partial charge in [-0.05, 0) is 30.7 Å². The SMILES string of the molecule is CCn1cc(CC(=O)c2ccc(Cl)cc2N)cn1. The summed E-state index contributed by atoms with van der Waals surface area (Å²) in [5.74, 6) is -0.0279. The largest absolute Gasteiger partial charge is 0.398 e. The summed E-state index contributed by atoms with van der Waals surface area (Å²) in [6.07, 6.45) is 3.86. The highest BCUT2D eigenvalue weighted by molar-refractivity contribution is 6.31. The number of nitrogen functional groups attached to an aromatic ring is 1. The smallest absolute Gasteiger partial charge is 0.169 e. The topological polar surface area (TPSA) is 60.9 Å². The lowest BCUT2D eigenvalue weighted by molar-refractivity contribution is 0.0994. The van der Waals surface area contributed by atoms with Crippen molar-refractivity contribution in [1.29, 1.82) is 0 Å². The number of carbonyl (C=O) groups excluding carboxylic acids is 1. The minimum absolute atomic E-state index is 0.0279. The fourth-order valence-corrected chi connectivity index (χ4v) is 1.92. The van der Waals surface area contributed by atoms with Crippen molar-refractivity contribution >= 4 is 23.1 Å². The molecule has 1 aromatic heterocycles. The zero-order chi connectivity index (χ0) is 13.1. The number of Topliss-reactive ketones (excluding diaryl/α,β-unsaturated/α-hetero) is 1. The number of aromatic nitrogens is 2. The second-order valence-electron chi connectivity index (χ2n) is 4.04. The number of hydrogen-bond acceptors (Lipinski definition) is 3. The number of aryl methyl sites for hydroxylation is 1. The number of rotatable bonds is 4. The number of hydrogen-bond donors (Lipinski definition) is 1. The third-order valence-corrected chi connectivity index (χ3v) is 2.92. The van der Waals surface area contributed by atoms with E-state index in [9.17, 15) is 4.79 Å². The Morgan fingerprint density at radius 1 is 1.50 bits per heavy atom. The van der Waals surface area contributed by atoms with Crippen LogP contribution in [0, 0.1) is 0 Å². The molecule has 2 N–H and O–H groups in total.